The Balaban J connectivity index is 1.03. The molecule has 0 aliphatic carbocycles. The van der Waals surface area contributed by atoms with Gasteiger partial charge in [-0.3, -0.25) is 0 Å². The summed E-state index contributed by atoms with van der Waals surface area (Å²) in [6.45, 7) is 20.5. The van der Waals surface area contributed by atoms with Crippen LogP contribution in [0.2, 0.25) is 0 Å². The first-order chi connectivity index (χ1) is 39.1. The second-order valence-corrected chi connectivity index (χ2v) is 26.4. The number of para-hydroxylation sites is 4. The fourth-order valence-electron chi connectivity index (χ4n) is 12.9. The molecule has 5 nitrogen and oxygen atoms in total. The summed E-state index contributed by atoms with van der Waals surface area (Å²) in [5.41, 5.74) is 21.8. The van der Waals surface area contributed by atoms with Crippen molar-refractivity contribution in [1.82, 2.24) is 0 Å². The van der Waals surface area contributed by atoms with Gasteiger partial charge in [0.1, 0.15) is 11.2 Å². The Bertz CT molecular complexity index is 4600. The van der Waals surface area contributed by atoms with Crippen molar-refractivity contribution in [2.45, 2.75) is 78.6 Å². The zero-order chi connectivity index (χ0) is 55.3. The summed E-state index contributed by atoms with van der Waals surface area (Å²) >= 11 is 1.92. The Kier molecular flexibility index (Phi) is 10.9. The monoisotopic (exact) mass is 1070 g/mol. The zero-order valence-corrected chi connectivity index (χ0v) is 48.2. The van der Waals surface area contributed by atoms with E-state index in [0.717, 1.165) is 101 Å². The van der Waals surface area contributed by atoms with Gasteiger partial charge in [0, 0.05) is 76.1 Å². The number of hydrogen-bond acceptors (Lipinski definition) is 6. The Hall–Kier alpha value is -8.78. The van der Waals surface area contributed by atoms with Gasteiger partial charge in [-0.1, -0.05) is 196 Å². The van der Waals surface area contributed by atoms with Crippen LogP contribution in [0.4, 0.5) is 51.2 Å². The number of furan rings is 2. The molecule has 0 amide bonds. The molecule has 0 fully saturated rings. The average molecular weight is 1070 g/mol. The minimum Gasteiger partial charge on any atom is -0.454 e. The van der Waals surface area contributed by atoms with Crippen molar-refractivity contribution >= 4 is 139 Å². The molecule has 10 aromatic carbocycles. The molecular weight excluding hydrogens is 1010 g/mol. The summed E-state index contributed by atoms with van der Waals surface area (Å²) in [5.74, 6) is 0. The molecular formula is C74H62BN3O2S. The molecule has 2 aliphatic heterocycles. The molecule has 0 bridgehead atoms. The predicted molar refractivity (Wildman–Crippen MR) is 347 cm³/mol. The summed E-state index contributed by atoms with van der Waals surface area (Å²) in [5, 5.41) is 5.62. The Morgan fingerprint density at radius 2 is 0.914 bits per heavy atom. The van der Waals surface area contributed by atoms with E-state index in [0.29, 0.717) is 0 Å². The van der Waals surface area contributed by atoms with Crippen LogP contribution in [0.1, 0.15) is 79.0 Å². The van der Waals surface area contributed by atoms with E-state index in [9.17, 15) is 0 Å². The molecule has 0 spiro atoms. The number of anilines is 9. The largest absolute Gasteiger partial charge is 0.454 e. The number of thiophene rings is 1. The van der Waals surface area contributed by atoms with Gasteiger partial charge in [0.25, 0.3) is 6.71 Å². The van der Waals surface area contributed by atoms with E-state index in [1.54, 1.807) is 0 Å². The molecule has 13 aromatic rings. The van der Waals surface area contributed by atoms with Crippen molar-refractivity contribution in [2.75, 3.05) is 14.7 Å². The van der Waals surface area contributed by atoms with Gasteiger partial charge in [0.15, 0.2) is 11.2 Å². The standard InChI is InChI=1S/C74H62BN3O2S/c1-72(2,3)46-31-36-49(37-32-46)76(50-38-33-47(34-39-50)73(4,5)6)51-40-41-58-63(44-51)77(61-28-17-25-56-55-23-15-22-52(68(55)80-70(56)61)45-19-11-10-12-20-45)59-26-18-27-60-66(59)75(58)71-67(57-43-48(74(7,8)9)35-42-65(57)81-71)78(60)62-29-16-24-54-53-21-13-14-30-64(53)79-69(54)62/h10-44H,1-9H3. The van der Waals surface area contributed by atoms with Crippen LogP contribution in [-0.2, 0) is 16.2 Å². The predicted octanol–water partition coefficient (Wildman–Crippen LogP) is 19.8. The molecule has 2 aliphatic rings. The van der Waals surface area contributed by atoms with Gasteiger partial charge in [-0.15, -0.1) is 11.3 Å². The van der Waals surface area contributed by atoms with Crippen molar-refractivity contribution < 1.29 is 8.83 Å². The minimum absolute atomic E-state index is 0.00370. The van der Waals surface area contributed by atoms with Crippen LogP contribution in [0, 0.1) is 0 Å². The van der Waals surface area contributed by atoms with E-state index >= 15 is 0 Å². The molecule has 15 rings (SSSR count). The molecule has 394 valence electrons. The highest BCUT2D eigenvalue weighted by molar-refractivity contribution is 7.33. The molecule has 0 saturated carbocycles. The van der Waals surface area contributed by atoms with Crippen molar-refractivity contribution in [3.05, 3.63) is 229 Å². The van der Waals surface area contributed by atoms with Crippen LogP contribution in [0.3, 0.4) is 0 Å². The number of benzene rings is 10. The molecule has 0 unspecified atom stereocenters. The van der Waals surface area contributed by atoms with Crippen LogP contribution in [0.5, 0.6) is 0 Å². The lowest BCUT2D eigenvalue weighted by Crippen LogP contribution is -2.60. The van der Waals surface area contributed by atoms with E-state index in [-0.39, 0.29) is 23.0 Å². The van der Waals surface area contributed by atoms with E-state index in [1.807, 2.05) is 11.3 Å². The SMILES string of the molecule is CC(C)(C)c1ccc(N(c2ccc(C(C)(C)C)cc2)c2ccc3c(c2)N(c2cccc4c2oc2c(-c5ccccc5)cccc24)c2cccc4c2B3c2sc3ccc(C(C)(C)C)cc3c2N4c2cccc3c2oc2ccccc23)cc1. The van der Waals surface area contributed by atoms with Crippen LogP contribution in [0.15, 0.2) is 221 Å². The number of rotatable bonds is 6. The van der Waals surface area contributed by atoms with Gasteiger partial charge < -0.3 is 23.5 Å². The molecule has 0 N–H and O–H groups in total. The maximum atomic E-state index is 7.37. The van der Waals surface area contributed by atoms with Gasteiger partial charge in [0.05, 0.1) is 17.1 Å². The Morgan fingerprint density at radius 1 is 0.395 bits per heavy atom. The number of nitrogens with zero attached hydrogens (tertiary/aromatic N) is 3. The second-order valence-electron chi connectivity index (χ2n) is 25.3. The zero-order valence-electron chi connectivity index (χ0n) is 47.4. The summed E-state index contributed by atoms with van der Waals surface area (Å²) < 4.78 is 16.9. The highest BCUT2D eigenvalue weighted by Crippen LogP contribution is 2.53. The summed E-state index contributed by atoms with van der Waals surface area (Å²) in [4.78, 5) is 7.49. The van der Waals surface area contributed by atoms with Crippen LogP contribution in [0.25, 0.3) is 65.1 Å². The van der Waals surface area contributed by atoms with E-state index in [4.69, 9.17) is 8.83 Å². The third-order valence-electron chi connectivity index (χ3n) is 17.1. The van der Waals surface area contributed by atoms with Crippen LogP contribution < -0.4 is 30.4 Å². The van der Waals surface area contributed by atoms with E-state index < -0.39 is 0 Å². The first-order valence-electron chi connectivity index (χ1n) is 28.4. The Morgan fingerprint density at radius 3 is 1.58 bits per heavy atom. The lowest BCUT2D eigenvalue weighted by Gasteiger charge is -2.43. The lowest BCUT2D eigenvalue weighted by atomic mass is 9.36. The van der Waals surface area contributed by atoms with Gasteiger partial charge in [-0.2, -0.15) is 0 Å². The van der Waals surface area contributed by atoms with E-state index in [2.05, 4.69) is 289 Å². The maximum Gasteiger partial charge on any atom is 0.264 e. The molecule has 7 heteroatoms. The smallest absolute Gasteiger partial charge is 0.264 e. The number of hydrogen-bond donors (Lipinski definition) is 0. The van der Waals surface area contributed by atoms with Gasteiger partial charge in [0.2, 0.25) is 0 Å². The third kappa shape index (κ3) is 7.72. The fraction of sp³-hybridized carbons (Fsp3) is 0.162. The minimum atomic E-state index is -0.113. The average Bonchev–Trinajstić information content (AvgIpc) is 3.43. The van der Waals surface area contributed by atoms with Gasteiger partial charge >= 0.3 is 0 Å². The quantitative estimate of drug-likeness (QED) is 0.155. The fourth-order valence-corrected chi connectivity index (χ4v) is 14.2. The molecule has 0 radical (unpaired) electrons. The molecule has 3 aromatic heterocycles. The highest BCUT2D eigenvalue weighted by Gasteiger charge is 2.46. The van der Waals surface area contributed by atoms with Crippen LogP contribution >= 0.6 is 11.3 Å². The molecule has 0 atom stereocenters. The normalized spacial score (nSPS) is 13.4. The van der Waals surface area contributed by atoms with Gasteiger partial charge in [-0.25, -0.2) is 0 Å². The number of fused-ring (bicyclic) bond motifs is 12. The Labute approximate surface area is 478 Å². The lowest BCUT2D eigenvalue weighted by molar-refractivity contribution is 0.590. The summed E-state index contributed by atoms with van der Waals surface area (Å²) in [6, 6.07) is 78.7. The van der Waals surface area contributed by atoms with Crippen molar-refractivity contribution in [1.29, 1.82) is 0 Å². The van der Waals surface area contributed by atoms with Crippen molar-refractivity contribution in [3.8, 4) is 11.1 Å². The highest BCUT2D eigenvalue weighted by atomic mass is 32.1. The van der Waals surface area contributed by atoms with E-state index in [1.165, 1.54) is 48.2 Å². The van der Waals surface area contributed by atoms with Gasteiger partial charge in [-0.05, 0) is 128 Å². The van der Waals surface area contributed by atoms with Crippen molar-refractivity contribution in [2.24, 2.45) is 0 Å². The van der Waals surface area contributed by atoms with Crippen molar-refractivity contribution in [3.63, 3.8) is 0 Å². The molecule has 81 heavy (non-hydrogen) atoms. The molecule has 0 saturated heterocycles. The topological polar surface area (TPSA) is 36.0 Å². The summed E-state index contributed by atoms with van der Waals surface area (Å²) in [6.07, 6.45) is 0. The first kappa shape index (κ1) is 49.3. The maximum absolute atomic E-state index is 7.37. The first-order valence-corrected chi connectivity index (χ1v) is 29.3. The molecule has 5 heterocycles. The van der Waals surface area contributed by atoms with Crippen LogP contribution in [-0.4, -0.2) is 6.71 Å². The summed E-state index contributed by atoms with van der Waals surface area (Å²) in [7, 11) is 0. The second kappa shape index (κ2) is 17.9. The third-order valence-corrected chi connectivity index (χ3v) is 18.4.